The Bertz CT molecular complexity index is 1040. The third kappa shape index (κ3) is 5.34. The molecule has 2 heterocycles. The summed E-state index contributed by atoms with van der Waals surface area (Å²) in [6.45, 7) is 1.17. The molecule has 0 radical (unpaired) electrons. The smallest absolute Gasteiger partial charge is 0.252 e. The number of carbonyl (C=O) groups excluding carboxylic acids is 1. The van der Waals surface area contributed by atoms with Crippen molar-refractivity contribution in [2.45, 2.75) is 23.7 Å². The fourth-order valence-corrected chi connectivity index (χ4v) is 4.69. The molecule has 0 aliphatic rings. The van der Waals surface area contributed by atoms with Gasteiger partial charge >= 0.3 is 0 Å². The van der Waals surface area contributed by atoms with Gasteiger partial charge in [0, 0.05) is 22.1 Å². The summed E-state index contributed by atoms with van der Waals surface area (Å²) in [5, 5.41) is 9.23. The fraction of sp³-hybridized carbons (Fsp3) is 0.136. The number of nitrogens with zero attached hydrogens (tertiary/aromatic N) is 3. The topological polar surface area (TPSA) is 59.8 Å². The maximum Gasteiger partial charge on any atom is 0.252 e. The largest absolute Gasteiger partial charge is 0.348 e. The lowest BCUT2D eigenvalue weighted by Crippen LogP contribution is -2.23. The minimum absolute atomic E-state index is 0.0500. The molecule has 29 heavy (non-hydrogen) atoms. The number of hydrogen-bond donors (Lipinski definition) is 1. The zero-order valence-corrected chi connectivity index (χ0v) is 17.3. The van der Waals surface area contributed by atoms with Gasteiger partial charge in [0.2, 0.25) is 0 Å². The summed E-state index contributed by atoms with van der Waals surface area (Å²) >= 11 is 3.43. The molecule has 0 atom stereocenters. The van der Waals surface area contributed by atoms with Gasteiger partial charge < -0.3 is 5.32 Å². The monoisotopic (exact) mass is 420 g/mol. The van der Waals surface area contributed by atoms with Gasteiger partial charge in [-0.05, 0) is 34.7 Å². The number of nitrogens with one attached hydrogen (secondary N) is 1. The van der Waals surface area contributed by atoms with E-state index in [1.54, 1.807) is 34.1 Å². The molecule has 5 nitrogen and oxygen atoms in total. The van der Waals surface area contributed by atoms with E-state index in [4.69, 9.17) is 0 Å². The number of benzene rings is 2. The minimum atomic E-state index is -0.0500. The van der Waals surface area contributed by atoms with E-state index in [1.165, 1.54) is 11.2 Å². The highest BCUT2D eigenvalue weighted by atomic mass is 32.2. The first-order valence-corrected chi connectivity index (χ1v) is 11.1. The molecular weight excluding hydrogens is 400 g/mol. The van der Waals surface area contributed by atoms with E-state index in [2.05, 4.69) is 32.9 Å². The molecule has 4 aromatic rings. The Morgan fingerprint density at radius 3 is 2.62 bits per heavy atom. The van der Waals surface area contributed by atoms with E-state index in [-0.39, 0.29) is 5.91 Å². The van der Waals surface area contributed by atoms with Gasteiger partial charge in [-0.15, -0.1) is 23.1 Å². The van der Waals surface area contributed by atoms with Crippen LogP contribution in [0.15, 0.2) is 83.6 Å². The van der Waals surface area contributed by atoms with Crippen molar-refractivity contribution in [3.05, 3.63) is 100 Å². The molecule has 0 bridgehead atoms. The van der Waals surface area contributed by atoms with Crippen LogP contribution < -0.4 is 5.32 Å². The maximum atomic E-state index is 12.7. The maximum absolute atomic E-state index is 12.7. The van der Waals surface area contributed by atoms with Gasteiger partial charge in [0.15, 0.2) is 0 Å². The van der Waals surface area contributed by atoms with Crippen molar-refractivity contribution in [1.82, 2.24) is 20.1 Å². The Morgan fingerprint density at radius 1 is 1.03 bits per heavy atom. The summed E-state index contributed by atoms with van der Waals surface area (Å²) in [6.07, 6.45) is 3.22. The predicted octanol–water partition coefficient (Wildman–Crippen LogP) is 4.61. The third-order valence-corrected chi connectivity index (χ3v) is 6.55. The first-order chi connectivity index (χ1) is 14.3. The zero-order chi connectivity index (χ0) is 19.9. The molecule has 0 unspecified atom stereocenters. The van der Waals surface area contributed by atoms with Crippen LogP contribution in [0.2, 0.25) is 0 Å². The molecule has 0 aliphatic carbocycles. The lowest BCUT2D eigenvalue weighted by molar-refractivity contribution is 0.0948. The standard InChI is InChI=1S/C22H20N4OS2/c27-22(20-5-1-2-6-21(20)29-14-19-4-3-11-28-19)24-12-17-7-9-18(10-8-17)13-26-16-23-15-25-26/h1-11,15-16H,12-14H2,(H,24,27). The molecular formula is C22H20N4OS2. The van der Waals surface area contributed by atoms with Crippen LogP contribution in [0.3, 0.4) is 0 Å². The van der Waals surface area contributed by atoms with Crippen LogP contribution in [0.5, 0.6) is 0 Å². The van der Waals surface area contributed by atoms with E-state index in [0.29, 0.717) is 13.1 Å². The average Bonchev–Trinajstić information content (AvgIpc) is 3.46. The van der Waals surface area contributed by atoms with Gasteiger partial charge in [0.05, 0.1) is 12.1 Å². The molecule has 146 valence electrons. The van der Waals surface area contributed by atoms with Gasteiger partial charge in [0.25, 0.3) is 5.91 Å². The van der Waals surface area contributed by atoms with Crippen molar-refractivity contribution in [2.75, 3.05) is 0 Å². The van der Waals surface area contributed by atoms with Crippen LogP contribution >= 0.6 is 23.1 Å². The van der Waals surface area contributed by atoms with Crippen LogP contribution in [-0.2, 0) is 18.8 Å². The van der Waals surface area contributed by atoms with Crippen LogP contribution in [0.4, 0.5) is 0 Å². The molecule has 0 spiro atoms. The number of thioether (sulfide) groups is 1. The van der Waals surface area contributed by atoms with E-state index in [9.17, 15) is 4.79 Å². The number of amides is 1. The van der Waals surface area contributed by atoms with E-state index < -0.39 is 0 Å². The summed E-state index contributed by atoms with van der Waals surface area (Å²) in [5.74, 6) is 0.820. The number of carbonyl (C=O) groups is 1. The van der Waals surface area contributed by atoms with Crippen LogP contribution in [0, 0.1) is 0 Å². The van der Waals surface area contributed by atoms with Crippen LogP contribution in [0.1, 0.15) is 26.4 Å². The lowest BCUT2D eigenvalue weighted by Gasteiger charge is -2.10. The van der Waals surface area contributed by atoms with E-state index in [1.807, 2.05) is 48.5 Å². The van der Waals surface area contributed by atoms with Gasteiger partial charge in [-0.3, -0.25) is 4.79 Å². The van der Waals surface area contributed by atoms with Gasteiger partial charge in [-0.2, -0.15) is 5.10 Å². The number of aromatic nitrogens is 3. The Labute approximate surface area is 177 Å². The number of hydrogen-bond acceptors (Lipinski definition) is 5. The van der Waals surface area contributed by atoms with Crippen molar-refractivity contribution in [1.29, 1.82) is 0 Å². The van der Waals surface area contributed by atoms with Crippen molar-refractivity contribution < 1.29 is 4.79 Å². The van der Waals surface area contributed by atoms with E-state index >= 15 is 0 Å². The van der Waals surface area contributed by atoms with Crippen molar-refractivity contribution in [3.8, 4) is 0 Å². The molecule has 2 aromatic carbocycles. The quantitative estimate of drug-likeness (QED) is 0.423. The first-order valence-electron chi connectivity index (χ1n) is 9.20. The van der Waals surface area contributed by atoms with Gasteiger partial charge in [-0.25, -0.2) is 9.67 Å². The van der Waals surface area contributed by atoms with E-state index in [0.717, 1.165) is 27.3 Å². The van der Waals surface area contributed by atoms with Crippen LogP contribution in [-0.4, -0.2) is 20.7 Å². The summed E-state index contributed by atoms with van der Waals surface area (Å²) < 4.78 is 1.78. The van der Waals surface area contributed by atoms with Gasteiger partial charge in [0.1, 0.15) is 12.7 Å². The van der Waals surface area contributed by atoms with Crippen LogP contribution in [0.25, 0.3) is 0 Å². The second-order valence-corrected chi connectivity index (χ2v) is 8.51. The first kappa shape index (κ1) is 19.4. The highest BCUT2D eigenvalue weighted by Crippen LogP contribution is 2.28. The fourth-order valence-electron chi connectivity index (χ4n) is 2.87. The Balaban J connectivity index is 1.34. The SMILES string of the molecule is O=C(NCc1ccc(Cn2cncn2)cc1)c1ccccc1SCc1cccs1. The zero-order valence-electron chi connectivity index (χ0n) is 15.7. The van der Waals surface area contributed by atoms with Crippen molar-refractivity contribution in [3.63, 3.8) is 0 Å². The van der Waals surface area contributed by atoms with Gasteiger partial charge in [-0.1, -0.05) is 42.5 Å². The molecule has 2 aromatic heterocycles. The molecule has 4 rings (SSSR count). The Hall–Kier alpha value is -2.90. The molecule has 1 amide bonds. The molecule has 0 saturated carbocycles. The number of thiophene rings is 1. The molecule has 0 saturated heterocycles. The Kier molecular flexibility index (Phi) is 6.38. The lowest BCUT2D eigenvalue weighted by atomic mass is 10.1. The molecule has 7 heteroatoms. The molecule has 0 fully saturated rings. The summed E-state index contributed by atoms with van der Waals surface area (Å²) in [7, 11) is 0. The average molecular weight is 421 g/mol. The summed E-state index contributed by atoms with van der Waals surface area (Å²) in [5.41, 5.74) is 2.92. The molecule has 1 N–H and O–H groups in total. The second-order valence-electron chi connectivity index (χ2n) is 6.46. The Morgan fingerprint density at radius 2 is 1.86 bits per heavy atom. The highest BCUT2D eigenvalue weighted by Gasteiger charge is 2.11. The second kappa shape index (κ2) is 9.54. The van der Waals surface area contributed by atoms with Crippen molar-refractivity contribution >= 4 is 29.0 Å². The summed E-state index contributed by atoms with van der Waals surface area (Å²) in [4.78, 5) is 19.0. The minimum Gasteiger partial charge on any atom is -0.348 e. The summed E-state index contributed by atoms with van der Waals surface area (Å²) in [6, 6.07) is 20.1. The highest BCUT2D eigenvalue weighted by molar-refractivity contribution is 7.98. The predicted molar refractivity (Wildman–Crippen MR) is 117 cm³/mol. The number of rotatable bonds is 8. The normalized spacial score (nSPS) is 10.8. The molecule has 0 aliphatic heterocycles. The van der Waals surface area contributed by atoms with Crippen molar-refractivity contribution in [2.24, 2.45) is 0 Å². The third-order valence-electron chi connectivity index (χ3n) is 4.37.